The predicted molar refractivity (Wildman–Crippen MR) is 190 cm³/mol. The quantitative estimate of drug-likeness (QED) is 0.163. The Labute approximate surface area is 289 Å². The number of benzene rings is 4. The Hall–Kier alpha value is -5.00. The fourth-order valence-electron chi connectivity index (χ4n) is 5.40. The first kappa shape index (κ1) is 33.9. The van der Waals surface area contributed by atoms with Crippen molar-refractivity contribution in [3.8, 4) is 22.8 Å². The molecule has 4 aromatic carbocycles. The van der Waals surface area contributed by atoms with E-state index in [1.807, 2.05) is 60.7 Å². The summed E-state index contributed by atoms with van der Waals surface area (Å²) in [6.45, 7) is 5.66. The smallest absolute Gasteiger partial charge is 0.412 e. The van der Waals surface area contributed by atoms with Crippen LogP contribution in [0.25, 0.3) is 22.3 Å². The normalized spacial score (nSPS) is 14.1. The van der Waals surface area contributed by atoms with Gasteiger partial charge in [0.25, 0.3) is 0 Å². The topological polar surface area (TPSA) is 124 Å². The number of rotatable bonds is 9. The molecule has 0 aliphatic carbocycles. The first-order valence-corrected chi connectivity index (χ1v) is 17.7. The highest BCUT2D eigenvalue weighted by atomic mass is 35.5. The molecule has 49 heavy (non-hydrogen) atoms. The highest BCUT2D eigenvalue weighted by Gasteiger charge is 2.33. The number of hydrogen-bond acceptors (Lipinski definition) is 8. The lowest BCUT2D eigenvalue weighted by molar-refractivity contribution is 0.0636. The van der Waals surface area contributed by atoms with Gasteiger partial charge in [0.2, 0.25) is 21.2 Å². The number of nitrogens with zero attached hydrogens (tertiary/aromatic N) is 1. The molecule has 0 bridgehead atoms. The van der Waals surface area contributed by atoms with Crippen LogP contribution in [-0.4, -0.2) is 32.4 Å². The van der Waals surface area contributed by atoms with Crippen molar-refractivity contribution in [2.24, 2.45) is 0 Å². The molecular weight excluding hydrogens is 668 g/mol. The van der Waals surface area contributed by atoms with Crippen molar-refractivity contribution in [1.29, 1.82) is 0 Å². The summed E-state index contributed by atoms with van der Waals surface area (Å²) < 4.78 is 51.6. The van der Waals surface area contributed by atoms with Crippen LogP contribution in [0.1, 0.15) is 38.3 Å². The molecule has 0 saturated carbocycles. The number of sulfonamides is 1. The third-order valence-electron chi connectivity index (χ3n) is 7.60. The van der Waals surface area contributed by atoms with Gasteiger partial charge in [-0.2, -0.15) is 0 Å². The van der Waals surface area contributed by atoms with Crippen LogP contribution < -0.4 is 24.5 Å². The molecule has 1 N–H and O–H groups in total. The highest BCUT2D eigenvalue weighted by molar-refractivity contribution is 7.93. The standard InChI is InChI=1S/C37H35ClN2O8S/c1-37(2,3)48-36(42)39-27-20-28-32(41)35(46-23-25-13-8-5-9-14-25)33(47-34(28)30(21-27)40-17-10-18-49(40,43)44)26-15-16-31(29(38)19-26)45-22-24-11-6-4-7-12-24/h4-9,11-16,19-21H,10,17-18,22-23H2,1-3H3,(H,39,42). The molecule has 5 aromatic rings. The average molecular weight is 703 g/mol. The molecule has 12 heteroatoms. The zero-order valence-electron chi connectivity index (χ0n) is 27.2. The van der Waals surface area contributed by atoms with E-state index in [9.17, 15) is 18.0 Å². The van der Waals surface area contributed by atoms with Crippen LogP contribution in [0, 0.1) is 0 Å². The molecule has 6 rings (SSSR count). The second-order valence-corrected chi connectivity index (χ2v) is 14.9. The molecule has 1 amide bonds. The number of anilines is 2. The number of carbonyl (C=O) groups excluding carboxylic acids is 1. The minimum atomic E-state index is -3.74. The molecule has 10 nitrogen and oxygen atoms in total. The number of carbonyl (C=O) groups is 1. The fraction of sp³-hybridized carbons (Fsp3) is 0.243. The van der Waals surface area contributed by atoms with Crippen LogP contribution in [0.15, 0.2) is 100 Å². The summed E-state index contributed by atoms with van der Waals surface area (Å²) in [6, 6.07) is 26.8. The van der Waals surface area contributed by atoms with Crippen LogP contribution in [-0.2, 0) is 28.0 Å². The van der Waals surface area contributed by atoms with E-state index in [4.69, 9.17) is 30.2 Å². The number of halogens is 1. The maximum absolute atomic E-state index is 14.4. The van der Waals surface area contributed by atoms with Crippen LogP contribution in [0.3, 0.4) is 0 Å². The SMILES string of the molecule is CC(C)(C)OC(=O)Nc1cc(N2CCCS2(=O)=O)c2oc(-c3ccc(OCc4ccccc4)c(Cl)c3)c(OCc3ccccc3)c(=O)c2c1. The van der Waals surface area contributed by atoms with E-state index < -0.39 is 27.1 Å². The number of fused-ring (bicyclic) bond motifs is 1. The van der Waals surface area contributed by atoms with Crippen molar-refractivity contribution in [2.45, 2.75) is 46.0 Å². The maximum Gasteiger partial charge on any atom is 0.412 e. The van der Waals surface area contributed by atoms with Gasteiger partial charge in [-0.3, -0.25) is 14.4 Å². The molecule has 0 unspecified atom stereocenters. The summed E-state index contributed by atoms with van der Waals surface area (Å²) in [6.07, 6.45) is -0.393. The van der Waals surface area contributed by atoms with Crippen molar-refractivity contribution < 1.29 is 31.8 Å². The fourth-order valence-corrected chi connectivity index (χ4v) is 7.19. The molecule has 1 saturated heterocycles. The van der Waals surface area contributed by atoms with E-state index in [2.05, 4.69) is 5.32 Å². The van der Waals surface area contributed by atoms with E-state index in [1.165, 1.54) is 16.4 Å². The van der Waals surface area contributed by atoms with Crippen LogP contribution in [0.5, 0.6) is 11.5 Å². The van der Waals surface area contributed by atoms with Gasteiger partial charge >= 0.3 is 6.09 Å². The van der Waals surface area contributed by atoms with Crippen molar-refractivity contribution in [3.05, 3.63) is 117 Å². The van der Waals surface area contributed by atoms with Gasteiger partial charge in [0.15, 0.2) is 11.3 Å². The first-order valence-electron chi connectivity index (χ1n) is 15.7. The Balaban J connectivity index is 1.49. The molecule has 2 heterocycles. The molecule has 1 aliphatic heterocycles. The van der Waals surface area contributed by atoms with Gasteiger partial charge in [-0.05, 0) is 68.7 Å². The summed E-state index contributed by atoms with van der Waals surface area (Å²) in [5, 5.41) is 2.91. The zero-order chi connectivity index (χ0) is 34.8. The molecule has 0 spiro atoms. The largest absolute Gasteiger partial charge is 0.487 e. The van der Waals surface area contributed by atoms with Crippen LogP contribution in [0.4, 0.5) is 16.2 Å². The minimum Gasteiger partial charge on any atom is -0.487 e. The zero-order valence-corrected chi connectivity index (χ0v) is 28.8. The predicted octanol–water partition coefficient (Wildman–Crippen LogP) is 8.16. The highest BCUT2D eigenvalue weighted by Crippen LogP contribution is 2.41. The Bertz CT molecular complexity index is 2170. The lowest BCUT2D eigenvalue weighted by atomic mass is 10.1. The van der Waals surface area contributed by atoms with Crippen LogP contribution >= 0.6 is 11.6 Å². The second kappa shape index (κ2) is 13.9. The third-order valence-corrected chi connectivity index (χ3v) is 9.75. The van der Waals surface area contributed by atoms with Gasteiger partial charge in [0, 0.05) is 17.8 Å². The molecule has 254 valence electrons. The number of nitrogens with one attached hydrogen (secondary N) is 1. The van der Waals surface area contributed by atoms with Crippen molar-refractivity contribution in [2.75, 3.05) is 21.9 Å². The van der Waals surface area contributed by atoms with E-state index >= 15 is 0 Å². The molecule has 1 aliphatic rings. The maximum atomic E-state index is 14.4. The lowest BCUT2D eigenvalue weighted by Crippen LogP contribution is -2.28. The first-order chi connectivity index (χ1) is 23.4. The third kappa shape index (κ3) is 7.84. The van der Waals surface area contributed by atoms with Gasteiger partial charge < -0.3 is 18.6 Å². The summed E-state index contributed by atoms with van der Waals surface area (Å²) >= 11 is 6.69. The Morgan fingerprint density at radius 1 is 0.918 bits per heavy atom. The summed E-state index contributed by atoms with van der Waals surface area (Å²) in [5.74, 6) is 0.282. The van der Waals surface area contributed by atoms with Crippen LogP contribution in [0.2, 0.25) is 5.02 Å². The van der Waals surface area contributed by atoms with Gasteiger partial charge in [-0.25, -0.2) is 13.2 Å². The van der Waals surface area contributed by atoms with Crippen molar-refractivity contribution in [3.63, 3.8) is 0 Å². The van der Waals surface area contributed by atoms with E-state index in [0.717, 1.165) is 11.1 Å². The molecule has 1 fully saturated rings. The Kier molecular flexibility index (Phi) is 9.58. The minimum absolute atomic E-state index is 0.00591. The summed E-state index contributed by atoms with van der Waals surface area (Å²) in [5.41, 5.74) is 1.07. The van der Waals surface area contributed by atoms with E-state index in [0.29, 0.717) is 24.3 Å². The number of amides is 1. The lowest BCUT2D eigenvalue weighted by Gasteiger charge is -2.22. The summed E-state index contributed by atoms with van der Waals surface area (Å²) in [4.78, 5) is 27.1. The molecule has 1 aromatic heterocycles. The van der Waals surface area contributed by atoms with Gasteiger partial charge in [-0.1, -0.05) is 72.3 Å². The van der Waals surface area contributed by atoms with Gasteiger partial charge in [0.1, 0.15) is 24.6 Å². The van der Waals surface area contributed by atoms with E-state index in [-0.39, 0.29) is 57.8 Å². The monoisotopic (exact) mass is 702 g/mol. The summed E-state index contributed by atoms with van der Waals surface area (Å²) in [7, 11) is -3.74. The number of ether oxygens (including phenoxy) is 3. The number of hydrogen-bond donors (Lipinski definition) is 1. The Morgan fingerprint density at radius 2 is 1.57 bits per heavy atom. The van der Waals surface area contributed by atoms with Gasteiger partial charge in [-0.15, -0.1) is 0 Å². The molecular formula is C37H35ClN2O8S. The molecule has 0 atom stereocenters. The van der Waals surface area contributed by atoms with Crippen molar-refractivity contribution in [1.82, 2.24) is 0 Å². The van der Waals surface area contributed by atoms with E-state index in [1.54, 1.807) is 39.0 Å². The molecule has 0 radical (unpaired) electrons. The second-order valence-electron chi connectivity index (χ2n) is 12.5. The van der Waals surface area contributed by atoms with Crippen molar-refractivity contribution >= 4 is 50.1 Å². The van der Waals surface area contributed by atoms with Gasteiger partial charge in [0.05, 0.1) is 21.8 Å². The average Bonchev–Trinajstić information content (AvgIpc) is 3.42. The Morgan fingerprint density at radius 3 is 2.16 bits per heavy atom.